The number of alkyl carbamates (subject to hydrolysis) is 1. The van der Waals surface area contributed by atoms with Crippen molar-refractivity contribution in [1.29, 1.82) is 0 Å². The molecule has 2 atom stereocenters. The summed E-state index contributed by atoms with van der Waals surface area (Å²) in [6.07, 6.45) is 6.58. The summed E-state index contributed by atoms with van der Waals surface area (Å²) in [6, 6.07) is 14.5. The molecule has 7 nitrogen and oxygen atoms in total. The fourth-order valence-electron chi connectivity index (χ4n) is 3.79. The van der Waals surface area contributed by atoms with Gasteiger partial charge in [0.2, 0.25) is 11.8 Å². The predicted octanol–water partition coefficient (Wildman–Crippen LogP) is 4.59. The molecular weight excluding hydrogens is 466 g/mol. The Morgan fingerprint density at radius 3 is 2.27 bits per heavy atom. The number of carbonyl (C=O) groups excluding carboxylic acids is 3. The number of hydrogen-bond acceptors (Lipinski definition) is 4. The van der Waals surface area contributed by atoms with Gasteiger partial charge in [0.1, 0.15) is 17.7 Å². The molecule has 0 aliphatic heterocycles. The van der Waals surface area contributed by atoms with E-state index < -0.39 is 35.6 Å². The average molecular weight is 504 g/mol. The van der Waals surface area contributed by atoms with Crippen LogP contribution in [0.3, 0.4) is 0 Å². The fraction of sp³-hybridized carbons (Fsp3) is 0.367. The van der Waals surface area contributed by atoms with E-state index in [9.17, 15) is 14.4 Å². The Morgan fingerprint density at radius 2 is 1.70 bits per heavy atom. The fourth-order valence-corrected chi connectivity index (χ4v) is 3.79. The summed E-state index contributed by atoms with van der Waals surface area (Å²) in [7, 11) is 0. The second kappa shape index (κ2) is 13.3. The minimum atomic E-state index is -1.05. The van der Waals surface area contributed by atoms with Gasteiger partial charge in [0.05, 0.1) is 0 Å². The average Bonchev–Trinajstić information content (AvgIpc) is 2.85. The van der Waals surface area contributed by atoms with E-state index in [-0.39, 0.29) is 19.0 Å². The van der Waals surface area contributed by atoms with Gasteiger partial charge in [0, 0.05) is 18.7 Å². The van der Waals surface area contributed by atoms with Gasteiger partial charge in [-0.25, -0.2) is 4.79 Å². The first kappa shape index (κ1) is 29.2. The van der Waals surface area contributed by atoms with Crippen molar-refractivity contribution in [2.75, 3.05) is 6.54 Å². The predicted molar refractivity (Wildman–Crippen MR) is 145 cm³/mol. The standard InChI is InChI=1S/C30H37N3O4/c1-8-19-33(28(35)25(21(3)4)32-29(36)37-30(5,6)7)26(24-18-14-13-17-23(24)9-2)27(34)31-20-22-15-11-10-12-16-22/h2,8,10-18,21,25-26H,1,19-20H2,3-7H3,(H,31,34)(H,32,36). The smallest absolute Gasteiger partial charge is 0.408 e. The van der Waals surface area contributed by atoms with Crippen molar-refractivity contribution in [3.05, 3.63) is 83.9 Å². The van der Waals surface area contributed by atoms with Crippen LogP contribution >= 0.6 is 0 Å². The molecule has 0 fully saturated rings. The zero-order valence-electron chi connectivity index (χ0n) is 22.3. The molecular formula is C30H37N3O4. The van der Waals surface area contributed by atoms with Crippen LogP contribution in [0.2, 0.25) is 0 Å². The Bertz CT molecular complexity index is 1130. The molecule has 0 aromatic heterocycles. The topological polar surface area (TPSA) is 87.7 Å². The van der Waals surface area contributed by atoms with Crippen molar-refractivity contribution < 1.29 is 19.1 Å². The van der Waals surface area contributed by atoms with Crippen LogP contribution in [0.5, 0.6) is 0 Å². The van der Waals surface area contributed by atoms with Crippen molar-refractivity contribution in [1.82, 2.24) is 15.5 Å². The van der Waals surface area contributed by atoms with E-state index in [4.69, 9.17) is 11.2 Å². The van der Waals surface area contributed by atoms with Gasteiger partial charge in [-0.15, -0.1) is 13.0 Å². The van der Waals surface area contributed by atoms with E-state index in [0.717, 1.165) is 5.56 Å². The van der Waals surface area contributed by atoms with E-state index in [2.05, 4.69) is 23.1 Å². The van der Waals surface area contributed by atoms with E-state index in [1.807, 2.05) is 44.2 Å². The van der Waals surface area contributed by atoms with Crippen molar-refractivity contribution in [2.45, 2.75) is 58.8 Å². The maximum Gasteiger partial charge on any atom is 0.408 e. The lowest BCUT2D eigenvalue weighted by Gasteiger charge is -2.35. The maximum absolute atomic E-state index is 13.9. The Morgan fingerprint density at radius 1 is 1.08 bits per heavy atom. The first-order valence-corrected chi connectivity index (χ1v) is 12.3. The first-order valence-electron chi connectivity index (χ1n) is 12.3. The monoisotopic (exact) mass is 503 g/mol. The van der Waals surface area contributed by atoms with Gasteiger partial charge < -0.3 is 20.3 Å². The van der Waals surface area contributed by atoms with Gasteiger partial charge in [0.25, 0.3) is 0 Å². The third-order valence-electron chi connectivity index (χ3n) is 5.49. The summed E-state index contributed by atoms with van der Waals surface area (Å²) < 4.78 is 5.38. The molecule has 0 aliphatic rings. The van der Waals surface area contributed by atoms with Crippen molar-refractivity contribution >= 4 is 17.9 Å². The molecule has 2 rings (SSSR count). The lowest BCUT2D eigenvalue weighted by Crippen LogP contribution is -2.55. The quantitative estimate of drug-likeness (QED) is 0.367. The lowest BCUT2D eigenvalue weighted by atomic mass is 9.95. The molecule has 7 heteroatoms. The second-order valence-corrected chi connectivity index (χ2v) is 9.98. The minimum absolute atomic E-state index is 0.0559. The highest BCUT2D eigenvalue weighted by molar-refractivity contribution is 5.92. The van der Waals surface area contributed by atoms with Crippen LogP contribution in [-0.4, -0.2) is 41.0 Å². The summed E-state index contributed by atoms with van der Waals surface area (Å²) in [5.74, 6) is 1.48. The minimum Gasteiger partial charge on any atom is -0.444 e. The Kier molecular flexibility index (Phi) is 10.5. The van der Waals surface area contributed by atoms with Gasteiger partial charge in [0.15, 0.2) is 0 Å². The molecule has 0 bridgehead atoms. The highest BCUT2D eigenvalue weighted by Gasteiger charge is 2.37. The molecule has 0 saturated heterocycles. The van der Waals surface area contributed by atoms with Crippen molar-refractivity contribution in [2.24, 2.45) is 5.92 Å². The summed E-state index contributed by atoms with van der Waals surface area (Å²) in [6.45, 7) is 13.0. The molecule has 37 heavy (non-hydrogen) atoms. The summed E-state index contributed by atoms with van der Waals surface area (Å²) in [5, 5.41) is 5.62. The maximum atomic E-state index is 13.9. The number of nitrogens with zero attached hydrogens (tertiary/aromatic N) is 1. The molecule has 2 aromatic rings. The van der Waals surface area contributed by atoms with Crippen molar-refractivity contribution in [3.63, 3.8) is 0 Å². The molecule has 0 saturated carbocycles. The van der Waals surface area contributed by atoms with Crippen LogP contribution in [0.4, 0.5) is 4.79 Å². The number of hydrogen-bond donors (Lipinski definition) is 2. The molecule has 2 aromatic carbocycles. The summed E-state index contributed by atoms with van der Waals surface area (Å²) >= 11 is 0. The number of terminal acetylenes is 1. The van der Waals surface area contributed by atoms with Crippen molar-refractivity contribution in [3.8, 4) is 12.3 Å². The molecule has 0 heterocycles. The molecule has 196 valence electrons. The van der Waals surface area contributed by atoms with Gasteiger partial charge in [-0.1, -0.05) is 74.4 Å². The number of nitrogens with one attached hydrogen (secondary N) is 2. The van der Waals surface area contributed by atoms with E-state index in [0.29, 0.717) is 11.1 Å². The Hall–Kier alpha value is -4.05. The molecule has 2 N–H and O–H groups in total. The molecule has 0 spiro atoms. The number of ether oxygens (including phenoxy) is 1. The Balaban J connectivity index is 2.48. The number of amides is 3. The summed E-state index contributed by atoms with van der Waals surface area (Å²) in [5.41, 5.74) is 1.17. The molecule has 0 aliphatic carbocycles. The SMILES string of the molecule is C#Cc1ccccc1C(C(=O)NCc1ccccc1)N(CC=C)C(=O)C(NC(=O)OC(C)(C)C)C(C)C. The van der Waals surface area contributed by atoms with E-state index >= 15 is 0 Å². The van der Waals surface area contributed by atoms with Gasteiger partial charge in [-0.05, 0) is 43.9 Å². The highest BCUT2D eigenvalue weighted by Crippen LogP contribution is 2.27. The van der Waals surface area contributed by atoms with Crippen LogP contribution < -0.4 is 10.6 Å². The Labute approximate surface area is 220 Å². The number of benzene rings is 2. The lowest BCUT2D eigenvalue weighted by molar-refractivity contribution is -0.142. The molecule has 0 radical (unpaired) electrons. The molecule has 2 unspecified atom stereocenters. The van der Waals surface area contributed by atoms with E-state index in [1.165, 1.54) is 4.90 Å². The van der Waals surface area contributed by atoms with E-state index in [1.54, 1.807) is 51.1 Å². The normalized spacial score (nSPS) is 12.6. The van der Waals surface area contributed by atoms with Crippen LogP contribution in [0, 0.1) is 18.3 Å². The third kappa shape index (κ3) is 8.53. The largest absolute Gasteiger partial charge is 0.444 e. The zero-order valence-corrected chi connectivity index (χ0v) is 22.3. The van der Waals surface area contributed by atoms with Crippen LogP contribution in [0.25, 0.3) is 0 Å². The second-order valence-electron chi connectivity index (χ2n) is 9.98. The van der Waals surface area contributed by atoms with Crippen LogP contribution in [0.15, 0.2) is 67.3 Å². The number of rotatable bonds is 10. The van der Waals surface area contributed by atoms with Gasteiger partial charge in [-0.3, -0.25) is 9.59 Å². The van der Waals surface area contributed by atoms with Crippen LogP contribution in [-0.2, 0) is 20.9 Å². The van der Waals surface area contributed by atoms with Gasteiger partial charge in [-0.2, -0.15) is 0 Å². The van der Waals surface area contributed by atoms with Gasteiger partial charge >= 0.3 is 6.09 Å². The molecule has 3 amide bonds. The third-order valence-corrected chi connectivity index (χ3v) is 5.49. The zero-order chi connectivity index (χ0) is 27.6. The van der Waals surface area contributed by atoms with Crippen LogP contribution in [0.1, 0.15) is 57.4 Å². The highest BCUT2D eigenvalue weighted by atomic mass is 16.6. The summed E-state index contributed by atoms with van der Waals surface area (Å²) in [4.78, 5) is 41.6. The first-order chi connectivity index (χ1) is 17.5. The number of carbonyl (C=O) groups is 3.